The molecule has 11 heavy (non-hydrogen) atoms. The van der Waals surface area contributed by atoms with E-state index in [1.807, 2.05) is 0 Å². The van der Waals surface area contributed by atoms with Crippen LogP contribution in [0.5, 0.6) is 0 Å². The van der Waals surface area contributed by atoms with Crippen molar-refractivity contribution in [2.75, 3.05) is 0 Å². The smallest absolute Gasteiger partial charge is 0.165 e. The van der Waals surface area contributed by atoms with Crippen LogP contribution in [0.15, 0.2) is 30.0 Å². The van der Waals surface area contributed by atoms with Gasteiger partial charge < -0.3 is 4.74 Å². The Hall–Kier alpha value is -1.71. The van der Waals surface area contributed by atoms with Crippen LogP contribution in [-0.2, 0) is 4.74 Å². The Labute approximate surface area is 62.6 Å². The molecule has 54 valence electrons. The lowest BCUT2D eigenvalue weighted by Crippen LogP contribution is -2.27. The first-order valence-corrected chi connectivity index (χ1v) is 3.11. The fourth-order valence-electron chi connectivity index (χ4n) is 0.774. The van der Waals surface area contributed by atoms with Crippen molar-refractivity contribution in [2.45, 2.75) is 0 Å². The van der Waals surface area contributed by atoms with Gasteiger partial charge in [0, 0.05) is 6.20 Å². The van der Waals surface area contributed by atoms with Crippen LogP contribution in [0.2, 0.25) is 0 Å². The first-order chi connectivity index (χ1) is 5.47. The topological polar surface area (TPSA) is 47.4 Å². The third kappa shape index (κ3) is 1.10. The number of aromatic nitrogens is 2. The minimum absolute atomic E-state index is 0.633. The summed E-state index contributed by atoms with van der Waals surface area (Å²) in [6.07, 6.45) is 7.70. The van der Waals surface area contributed by atoms with Crippen molar-refractivity contribution in [3.63, 3.8) is 0 Å². The molecule has 1 aliphatic heterocycles. The van der Waals surface area contributed by atoms with Crippen molar-refractivity contribution in [1.29, 1.82) is 0 Å². The third-order valence-corrected chi connectivity index (χ3v) is 1.25. The van der Waals surface area contributed by atoms with Crippen LogP contribution in [0.1, 0.15) is 0 Å². The summed E-state index contributed by atoms with van der Waals surface area (Å²) in [5, 5.41) is 0.789. The lowest BCUT2D eigenvalue weighted by atomic mass is 10.5. The molecule has 0 saturated heterocycles. The maximum absolute atomic E-state index is 4.94. The summed E-state index contributed by atoms with van der Waals surface area (Å²) in [7, 11) is 0. The van der Waals surface area contributed by atoms with E-state index in [4.69, 9.17) is 4.74 Å². The van der Waals surface area contributed by atoms with Gasteiger partial charge in [0.1, 0.15) is 18.9 Å². The molecule has 0 bridgehead atoms. The number of hydrogen-bond acceptors (Lipinski definition) is 4. The molecule has 0 unspecified atom stereocenters. The highest BCUT2D eigenvalue weighted by Gasteiger charge is 1.88. The van der Waals surface area contributed by atoms with Gasteiger partial charge in [0.25, 0.3) is 0 Å². The molecule has 1 aliphatic rings. The van der Waals surface area contributed by atoms with Crippen LogP contribution in [0, 0.1) is 0 Å². The number of hydrogen-bond donors (Lipinski definition) is 0. The Balaban J connectivity index is 2.81. The highest BCUT2D eigenvalue weighted by molar-refractivity contribution is 5.13. The maximum Gasteiger partial charge on any atom is 0.165 e. The van der Waals surface area contributed by atoms with Crippen molar-refractivity contribution in [1.82, 2.24) is 9.97 Å². The van der Waals surface area contributed by atoms with Gasteiger partial charge in [-0.25, -0.2) is 15.0 Å². The fraction of sp³-hybridized carbons (Fsp3) is 0. The number of fused-ring (bicyclic) bond motifs is 1. The van der Waals surface area contributed by atoms with Gasteiger partial charge in [-0.1, -0.05) is 0 Å². The van der Waals surface area contributed by atoms with Crippen LogP contribution < -0.4 is 10.7 Å². The molecule has 4 nitrogen and oxygen atoms in total. The SMILES string of the molecule is C1=COC=c2cncnc2=N1. The summed E-state index contributed by atoms with van der Waals surface area (Å²) >= 11 is 0. The molecular formula is C7H5N3O. The summed E-state index contributed by atoms with van der Waals surface area (Å²) in [5.41, 5.74) is 0.633. The average Bonchev–Trinajstić information content (AvgIpc) is 2.28. The molecule has 4 heteroatoms. The van der Waals surface area contributed by atoms with Gasteiger partial charge in [-0.2, -0.15) is 0 Å². The summed E-state index contributed by atoms with van der Waals surface area (Å²) in [5.74, 6) is 0. The van der Waals surface area contributed by atoms with Gasteiger partial charge >= 0.3 is 0 Å². The third-order valence-electron chi connectivity index (χ3n) is 1.25. The summed E-state index contributed by atoms with van der Waals surface area (Å²) in [6.45, 7) is 0. The van der Waals surface area contributed by atoms with E-state index < -0.39 is 0 Å². The normalized spacial score (nSPS) is 13.5. The average molecular weight is 147 g/mol. The lowest BCUT2D eigenvalue weighted by molar-refractivity contribution is 0.460. The van der Waals surface area contributed by atoms with Crippen molar-refractivity contribution >= 4 is 6.26 Å². The second kappa shape index (κ2) is 2.49. The Kier molecular flexibility index (Phi) is 1.37. The summed E-state index contributed by atoms with van der Waals surface area (Å²) in [6, 6.07) is 0. The number of rotatable bonds is 0. The molecule has 1 aromatic heterocycles. The first-order valence-electron chi connectivity index (χ1n) is 3.11. The van der Waals surface area contributed by atoms with E-state index in [2.05, 4.69) is 15.0 Å². The second-order valence-corrected chi connectivity index (χ2v) is 1.97. The quantitative estimate of drug-likeness (QED) is 0.489. The number of ether oxygens (including phenoxy) is 1. The number of nitrogens with zero attached hydrogens (tertiary/aromatic N) is 3. The lowest BCUT2D eigenvalue weighted by Gasteiger charge is -1.84. The fourth-order valence-corrected chi connectivity index (χ4v) is 0.774. The predicted octanol–water partition coefficient (Wildman–Crippen LogP) is -0.664. The zero-order valence-corrected chi connectivity index (χ0v) is 5.64. The zero-order chi connectivity index (χ0) is 7.52. The Morgan fingerprint density at radius 2 is 2.36 bits per heavy atom. The van der Waals surface area contributed by atoms with Gasteiger partial charge in [0.15, 0.2) is 5.49 Å². The van der Waals surface area contributed by atoms with Gasteiger partial charge in [0.2, 0.25) is 0 Å². The van der Waals surface area contributed by atoms with Gasteiger partial charge in [-0.05, 0) is 0 Å². The summed E-state index contributed by atoms with van der Waals surface area (Å²) in [4.78, 5) is 11.8. The van der Waals surface area contributed by atoms with Crippen LogP contribution in [0.3, 0.4) is 0 Å². The Bertz CT molecular complexity index is 396. The minimum atomic E-state index is 0.633. The maximum atomic E-state index is 4.94. The molecule has 2 rings (SSSR count). The van der Waals surface area contributed by atoms with Gasteiger partial charge in [-0.15, -0.1) is 0 Å². The molecule has 0 aromatic carbocycles. The van der Waals surface area contributed by atoms with Crippen LogP contribution in [0.25, 0.3) is 6.26 Å². The molecule has 2 heterocycles. The summed E-state index contributed by atoms with van der Waals surface area (Å²) < 4.78 is 4.94. The molecular weight excluding hydrogens is 142 g/mol. The standard InChI is InChI=1S/C7H5N3O/c1-2-11-4-6-3-8-5-10-7(6)9-1/h1-5H. The Morgan fingerprint density at radius 3 is 3.36 bits per heavy atom. The molecule has 0 aliphatic carbocycles. The van der Waals surface area contributed by atoms with E-state index >= 15 is 0 Å². The van der Waals surface area contributed by atoms with E-state index in [9.17, 15) is 0 Å². The molecule has 0 spiro atoms. The Morgan fingerprint density at radius 1 is 1.36 bits per heavy atom. The highest BCUT2D eigenvalue weighted by atomic mass is 16.5. The molecule has 0 atom stereocenters. The van der Waals surface area contributed by atoms with Crippen LogP contribution in [-0.4, -0.2) is 9.97 Å². The van der Waals surface area contributed by atoms with E-state index in [-0.39, 0.29) is 0 Å². The largest absolute Gasteiger partial charge is 0.470 e. The van der Waals surface area contributed by atoms with Crippen molar-refractivity contribution in [2.24, 2.45) is 4.99 Å². The highest BCUT2D eigenvalue weighted by Crippen LogP contribution is 1.80. The molecule has 1 aromatic rings. The monoisotopic (exact) mass is 147 g/mol. The minimum Gasteiger partial charge on any atom is -0.470 e. The van der Waals surface area contributed by atoms with Crippen LogP contribution >= 0.6 is 0 Å². The van der Waals surface area contributed by atoms with Gasteiger partial charge in [-0.3, -0.25) is 0 Å². The molecule has 0 N–H and O–H groups in total. The van der Waals surface area contributed by atoms with Crippen molar-refractivity contribution in [3.8, 4) is 0 Å². The molecule has 0 radical (unpaired) electrons. The van der Waals surface area contributed by atoms with Crippen molar-refractivity contribution in [3.05, 3.63) is 35.7 Å². The van der Waals surface area contributed by atoms with Crippen molar-refractivity contribution < 1.29 is 4.74 Å². The van der Waals surface area contributed by atoms with E-state index in [0.29, 0.717) is 5.49 Å². The molecule has 0 amide bonds. The first kappa shape index (κ1) is 6.03. The second-order valence-electron chi connectivity index (χ2n) is 1.97. The zero-order valence-electron chi connectivity index (χ0n) is 5.64. The predicted molar refractivity (Wildman–Crippen MR) is 37.5 cm³/mol. The van der Waals surface area contributed by atoms with E-state index in [0.717, 1.165) is 5.22 Å². The van der Waals surface area contributed by atoms with Gasteiger partial charge in [0.05, 0.1) is 11.4 Å². The molecule has 0 saturated carbocycles. The molecule has 0 fully saturated rings. The van der Waals surface area contributed by atoms with E-state index in [1.165, 1.54) is 12.6 Å². The van der Waals surface area contributed by atoms with Crippen LogP contribution in [0.4, 0.5) is 0 Å². The van der Waals surface area contributed by atoms with E-state index in [1.54, 1.807) is 18.7 Å².